The lowest BCUT2D eigenvalue weighted by molar-refractivity contribution is -0.137. The number of hydrogen-bond acceptors (Lipinski definition) is 2. The van der Waals surface area contributed by atoms with Gasteiger partial charge in [0, 0.05) is 25.2 Å². The highest BCUT2D eigenvalue weighted by molar-refractivity contribution is 6.06. The monoisotopic (exact) mass is 405 g/mol. The van der Waals surface area contributed by atoms with Crippen molar-refractivity contribution in [2.45, 2.75) is 71.6 Å². The molecule has 6 atom stereocenters. The van der Waals surface area contributed by atoms with Crippen molar-refractivity contribution in [1.29, 1.82) is 0 Å². The van der Waals surface area contributed by atoms with Crippen LogP contribution in [-0.4, -0.2) is 19.9 Å². The van der Waals surface area contributed by atoms with Gasteiger partial charge in [-0.2, -0.15) is 0 Å². The standard InChI is InChI=1S/C28H39NO/c1-27-15-6-5-7-21(27)10-13-23-24(27)14-16-28(2)25(23)18-20(26(28)30)17-19-8-11-22(12-9-19)29(3)4/h8-9,11-12,17,21,23-25H,5-7,10,13-16,18H2,1-4H3/b20-17+/t21-,23+,24-,25+,27-,28-/m0/s1. The van der Waals surface area contributed by atoms with Crippen molar-refractivity contribution in [3.05, 3.63) is 35.4 Å². The number of nitrogens with zero attached hydrogens (tertiary/aromatic N) is 1. The molecule has 2 heteroatoms. The van der Waals surface area contributed by atoms with Gasteiger partial charge in [0.05, 0.1) is 0 Å². The minimum absolute atomic E-state index is 0.117. The van der Waals surface area contributed by atoms with Gasteiger partial charge in [-0.25, -0.2) is 0 Å². The molecule has 30 heavy (non-hydrogen) atoms. The van der Waals surface area contributed by atoms with Gasteiger partial charge in [-0.3, -0.25) is 4.79 Å². The summed E-state index contributed by atoms with van der Waals surface area (Å²) in [6, 6.07) is 8.64. The summed E-state index contributed by atoms with van der Waals surface area (Å²) in [5, 5.41) is 0. The van der Waals surface area contributed by atoms with Crippen LogP contribution in [0, 0.1) is 34.5 Å². The van der Waals surface area contributed by atoms with Gasteiger partial charge in [0.1, 0.15) is 0 Å². The first-order valence-corrected chi connectivity index (χ1v) is 12.4. The predicted octanol–water partition coefficient (Wildman–Crippen LogP) is 6.75. The number of fused-ring (bicyclic) bond motifs is 5. The lowest BCUT2D eigenvalue weighted by atomic mass is 9.45. The van der Waals surface area contributed by atoms with E-state index in [0.29, 0.717) is 17.1 Å². The molecular formula is C28H39NO. The number of rotatable bonds is 2. The van der Waals surface area contributed by atoms with Gasteiger partial charge in [-0.05, 0) is 103 Å². The van der Waals surface area contributed by atoms with Gasteiger partial charge < -0.3 is 4.90 Å². The maximum atomic E-state index is 13.6. The summed E-state index contributed by atoms with van der Waals surface area (Å²) >= 11 is 0. The molecule has 0 unspecified atom stereocenters. The quantitative estimate of drug-likeness (QED) is 0.507. The van der Waals surface area contributed by atoms with Crippen molar-refractivity contribution in [2.75, 3.05) is 19.0 Å². The molecule has 0 aromatic heterocycles. The summed E-state index contributed by atoms with van der Waals surface area (Å²) in [5.74, 6) is 3.57. The van der Waals surface area contributed by atoms with Crippen molar-refractivity contribution in [3.63, 3.8) is 0 Å². The number of carbonyl (C=O) groups excluding carboxylic acids is 1. The Labute approximate surface area is 183 Å². The lowest BCUT2D eigenvalue weighted by Crippen LogP contribution is -2.52. The van der Waals surface area contributed by atoms with Crippen LogP contribution >= 0.6 is 0 Å². The number of ketones is 1. The molecule has 0 heterocycles. The zero-order chi connectivity index (χ0) is 21.1. The lowest BCUT2D eigenvalue weighted by Gasteiger charge is -2.59. The Bertz CT molecular complexity index is 852. The zero-order valence-electron chi connectivity index (χ0n) is 19.4. The highest BCUT2D eigenvalue weighted by Gasteiger charge is 2.60. The Balaban J connectivity index is 1.42. The van der Waals surface area contributed by atoms with Crippen molar-refractivity contribution in [2.24, 2.45) is 34.5 Å². The van der Waals surface area contributed by atoms with Crippen LogP contribution in [0.5, 0.6) is 0 Å². The molecule has 1 aromatic rings. The molecule has 4 aliphatic carbocycles. The summed E-state index contributed by atoms with van der Waals surface area (Å²) < 4.78 is 0. The topological polar surface area (TPSA) is 20.3 Å². The molecule has 162 valence electrons. The highest BCUT2D eigenvalue weighted by Crippen LogP contribution is 2.66. The van der Waals surface area contributed by atoms with E-state index in [1.807, 2.05) is 0 Å². The normalized spacial score (nSPS) is 41.9. The van der Waals surface area contributed by atoms with E-state index in [4.69, 9.17) is 0 Å². The third kappa shape index (κ3) is 3.00. The summed E-state index contributed by atoms with van der Waals surface area (Å²) in [6.45, 7) is 4.93. The Kier molecular flexibility index (Phi) is 4.91. The van der Waals surface area contributed by atoms with E-state index in [9.17, 15) is 4.79 Å². The molecule has 0 amide bonds. The minimum atomic E-state index is -0.117. The van der Waals surface area contributed by atoms with Crippen LogP contribution in [0.1, 0.15) is 77.2 Å². The number of hydrogen-bond donors (Lipinski definition) is 0. The van der Waals surface area contributed by atoms with Crippen LogP contribution in [0.25, 0.3) is 6.08 Å². The molecule has 0 N–H and O–H groups in total. The molecule has 5 rings (SSSR count). The molecular weight excluding hydrogens is 366 g/mol. The van der Waals surface area contributed by atoms with Crippen molar-refractivity contribution in [1.82, 2.24) is 0 Å². The number of allylic oxidation sites excluding steroid dienone is 1. The first-order valence-electron chi connectivity index (χ1n) is 12.4. The first-order chi connectivity index (χ1) is 14.3. The fourth-order valence-corrected chi connectivity index (χ4v) is 8.16. The van der Waals surface area contributed by atoms with Crippen LogP contribution in [0.2, 0.25) is 0 Å². The smallest absolute Gasteiger partial charge is 0.165 e. The van der Waals surface area contributed by atoms with E-state index in [2.05, 4.69) is 63.2 Å². The number of benzene rings is 1. The largest absolute Gasteiger partial charge is 0.378 e. The van der Waals surface area contributed by atoms with E-state index in [1.54, 1.807) is 0 Å². The second kappa shape index (κ2) is 7.24. The molecule has 0 bridgehead atoms. The predicted molar refractivity (Wildman–Crippen MR) is 125 cm³/mol. The second-order valence-electron chi connectivity index (χ2n) is 11.5. The molecule has 0 aliphatic heterocycles. The van der Waals surface area contributed by atoms with E-state index in [-0.39, 0.29) is 5.41 Å². The van der Waals surface area contributed by atoms with Crippen LogP contribution < -0.4 is 4.90 Å². The minimum Gasteiger partial charge on any atom is -0.378 e. The second-order valence-corrected chi connectivity index (χ2v) is 11.5. The van der Waals surface area contributed by atoms with Crippen LogP contribution in [0.15, 0.2) is 29.8 Å². The fraction of sp³-hybridized carbons (Fsp3) is 0.679. The van der Waals surface area contributed by atoms with Crippen molar-refractivity contribution < 1.29 is 4.79 Å². The third-order valence-electron chi connectivity index (χ3n) is 9.97. The molecule has 1 aromatic carbocycles. The molecule has 0 saturated heterocycles. The fourth-order valence-electron chi connectivity index (χ4n) is 8.16. The number of anilines is 1. The molecule has 4 aliphatic rings. The molecule has 2 nitrogen and oxygen atoms in total. The Morgan fingerprint density at radius 1 is 0.933 bits per heavy atom. The summed E-state index contributed by atoms with van der Waals surface area (Å²) in [5.41, 5.74) is 3.90. The van der Waals surface area contributed by atoms with E-state index in [0.717, 1.165) is 36.2 Å². The van der Waals surface area contributed by atoms with E-state index >= 15 is 0 Å². The van der Waals surface area contributed by atoms with Gasteiger partial charge in [0.2, 0.25) is 0 Å². The SMILES string of the molecule is CN(C)c1ccc(/C=C2\C[C@@H]3[C@@H]4CC[C@@H]5CCCC[C@]5(C)[C@H]4CC[C@]3(C)C2=O)cc1. The maximum absolute atomic E-state index is 13.6. The Morgan fingerprint density at radius 3 is 2.43 bits per heavy atom. The van der Waals surface area contributed by atoms with E-state index < -0.39 is 0 Å². The van der Waals surface area contributed by atoms with Crippen LogP contribution in [0.3, 0.4) is 0 Å². The average molecular weight is 406 g/mol. The van der Waals surface area contributed by atoms with Gasteiger partial charge in [0.15, 0.2) is 5.78 Å². The Morgan fingerprint density at radius 2 is 1.70 bits per heavy atom. The Hall–Kier alpha value is -1.57. The van der Waals surface area contributed by atoms with Gasteiger partial charge >= 0.3 is 0 Å². The summed E-state index contributed by atoms with van der Waals surface area (Å²) in [4.78, 5) is 15.7. The summed E-state index contributed by atoms with van der Waals surface area (Å²) in [7, 11) is 4.13. The van der Waals surface area contributed by atoms with Gasteiger partial charge in [0.25, 0.3) is 0 Å². The van der Waals surface area contributed by atoms with E-state index in [1.165, 1.54) is 56.2 Å². The van der Waals surface area contributed by atoms with Crippen molar-refractivity contribution >= 4 is 17.5 Å². The molecule has 0 radical (unpaired) electrons. The maximum Gasteiger partial charge on any atom is 0.165 e. The molecule has 0 spiro atoms. The number of carbonyl (C=O) groups is 1. The average Bonchev–Trinajstić information content (AvgIpc) is 2.98. The highest BCUT2D eigenvalue weighted by atomic mass is 16.1. The van der Waals surface area contributed by atoms with Gasteiger partial charge in [-0.1, -0.05) is 38.8 Å². The van der Waals surface area contributed by atoms with Crippen LogP contribution in [-0.2, 0) is 4.79 Å². The van der Waals surface area contributed by atoms with Gasteiger partial charge in [-0.15, -0.1) is 0 Å². The molecule has 4 saturated carbocycles. The zero-order valence-corrected chi connectivity index (χ0v) is 19.4. The third-order valence-corrected chi connectivity index (χ3v) is 9.97. The molecule has 4 fully saturated rings. The number of Topliss-reactive ketones (excluding diaryl/α,β-unsaturated/α-hetero) is 1. The first kappa shape index (κ1) is 20.3. The van der Waals surface area contributed by atoms with Crippen molar-refractivity contribution in [3.8, 4) is 0 Å². The van der Waals surface area contributed by atoms with Crippen LogP contribution in [0.4, 0.5) is 5.69 Å². The summed E-state index contributed by atoms with van der Waals surface area (Å²) in [6.07, 6.45) is 14.1.